The minimum Gasteiger partial charge on any atom is -0.489 e. The zero-order valence-corrected chi connectivity index (χ0v) is 9.53. The molecule has 1 aliphatic rings. The van der Waals surface area contributed by atoms with Gasteiger partial charge in [0.25, 0.3) is 0 Å². The lowest BCUT2D eigenvalue weighted by molar-refractivity contribution is 0.0595. The van der Waals surface area contributed by atoms with E-state index in [9.17, 15) is 4.79 Å². The summed E-state index contributed by atoms with van der Waals surface area (Å²) < 4.78 is 10.3. The van der Waals surface area contributed by atoms with Crippen LogP contribution in [0.1, 0.15) is 17.3 Å². The van der Waals surface area contributed by atoms with Crippen molar-refractivity contribution in [1.82, 2.24) is 0 Å². The Labute approximate surface area is 94.8 Å². The van der Waals surface area contributed by atoms with Crippen LogP contribution in [0.5, 0.6) is 5.75 Å². The molecule has 0 radical (unpaired) electrons. The van der Waals surface area contributed by atoms with Gasteiger partial charge in [-0.1, -0.05) is 6.07 Å². The van der Waals surface area contributed by atoms with Gasteiger partial charge in [-0.3, -0.25) is 0 Å². The molecule has 0 amide bonds. The highest BCUT2D eigenvalue weighted by atomic mass is 16.5. The molecule has 86 valence electrons. The van der Waals surface area contributed by atoms with Crippen molar-refractivity contribution >= 4 is 11.7 Å². The van der Waals surface area contributed by atoms with E-state index in [1.165, 1.54) is 7.11 Å². The van der Waals surface area contributed by atoms with Crippen LogP contribution in [-0.4, -0.2) is 32.8 Å². The van der Waals surface area contributed by atoms with Crippen molar-refractivity contribution in [2.45, 2.75) is 6.92 Å². The lowest BCUT2D eigenvalue weighted by Gasteiger charge is -2.31. The van der Waals surface area contributed by atoms with Crippen LogP contribution in [0.15, 0.2) is 18.2 Å². The molecule has 0 saturated carbocycles. The number of para-hydroxylation sites is 1. The molecule has 0 bridgehead atoms. The third-order valence-electron chi connectivity index (χ3n) is 2.73. The Bertz CT molecular complexity index is 403. The van der Waals surface area contributed by atoms with E-state index in [1.54, 1.807) is 6.07 Å². The molecule has 0 N–H and O–H groups in total. The van der Waals surface area contributed by atoms with Crippen molar-refractivity contribution in [2.75, 3.05) is 31.7 Å². The number of carbonyl (C=O) groups excluding carboxylic acids is 1. The molecule has 0 fully saturated rings. The fourth-order valence-electron chi connectivity index (χ4n) is 1.90. The Kier molecular flexibility index (Phi) is 2.99. The van der Waals surface area contributed by atoms with Gasteiger partial charge in [-0.2, -0.15) is 0 Å². The lowest BCUT2D eigenvalue weighted by atomic mass is 10.1. The molecule has 16 heavy (non-hydrogen) atoms. The highest BCUT2D eigenvalue weighted by molar-refractivity contribution is 5.95. The minimum absolute atomic E-state index is 0.352. The molecule has 4 nitrogen and oxygen atoms in total. The molecule has 0 saturated heterocycles. The van der Waals surface area contributed by atoms with Crippen molar-refractivity contribution in [1.29, 1.82) is 0 Å². The van der Waals surface area contributed by atoms with Gasteiger partial charge in [-0.05, 0) is 19.1 Å². The summed E-state index contributed by atoms with van der Waals surface area (Å²) in [7, 11) is 1.38. The normalized spacial score (nSPS) is 14.0. The van der Waals surface area contributed by atoms with Crippen LogP contribution in [0, 0.1) is 0 Å². The highest BCUT2D eigenvalue weighted by Gasteiger charge is 2.23. The Morgan fingerprint density at radius 3 is 3.06 bits per heavy atom. The largest absolute Gasteiger partial charge is 0.489 e. The van der Waals surface area contributed by atoms with Gasteiger partial charge in [-0.15, -0.1) is 0 Å². The molecule has 1 aromatic rings. The number of hydrogen-bond donors (Lipinski definition) is 0. The van der Waals surface area contributed by atoms with Crippen molar-refractivity contribution in [3.8, 4) is 5.75 Å². The maximum Gasteiger partial charge on any atom is 0.341 e. The Hall–Kier alpha value is -1.71. The number of anilines is 1. The quantitative estimate of drug-likeness (QED) is 0.712. The van der Waals surface area contributed by atoms with Crippen molar-refractivity contribution < 1.29 is 14.3 Å². The van der Waals surface area contributed by atoms with Crippen LogP contribution in [0.4, 0.5) is 5.69 Å². The van der Waals surface area contributed by atoms with E-state index >= 15 is 0 Å². The second-order valence-electron chi connectivity index (χ2n) is 3.57. The topological polar surface area (TPSA) is 38.8 Å². The molecule has 1 heterocycles. The summed E-state index contributed by atoms with van der Waals surface area (Å²) in [5.41, 5.74) is 1.47. The lowest BCUT2D eigenvalue weighted by Crippen LogP contribution is -2.33. The number of esters is 1. The molecule has 1 aliphatic heterocycles. The molecular weight excluding hydrogens is 206 g/mol. The fraction of sp³-hybridized carbons (Fsp3) is 0.417. The fourth-order valence-corrected chi connectivity index (χ4v) is 1.90. The average Bonchev–Trinajstić information content (AvgIpc) is 2.36. The summed E-state index contributed by atoms with van der Waals surface area (Å²) in [6, 6.07) is 5.54. The Balaban J connectivity index is 2.46. The molecule has 0 aliphatic carbocycles. The first-order chi connectivity index (χ1) is 7.77. The van der Waals surface area contributed by atoms with Crippen molar-refractivity contribution in [3.05, 3.63) is 23.8 Å². The van der Waals surface area contributed by atoms with Crippen molar-refractivity contribution in [3.63, 3.8) is 0 Å². The van der Waals surface area contributed by atoms with E-state index in [0.717, 1.165) is 18.8 Å². The van der Waals surface area contributed by atoms with Crippen LogP contribution < -0.4 is 9.64 Å². The predicted molar refractivity (Wildman–Crippen MR) is 61.2 cm³/mol. The Morgan fingerprint density at radius 2 is 2.38 bits per heavy atom. The van der Waals surface area contributed by atoms with E-state index < -0.39 is 0 Å². The minimum atomic E-state index is -0.352. The van der Waals surface area contributed by atoms with E-state index in [-0.39, 0.29) is 5.97 Å². The molecule has 0 spiro atoms. The number of methoxy groups -OCH3 is 1. The second-order valence-corrected chi connectivity index (χ2v) is 3.57. The summed E-state index contributed by atoms with van der Waals surface area (Å²) >= 11 is 0. The van der Waals surface area contributed by atoms with Crippen LogP contribution in [-0.2, 0) is 4.74 Å². The smallest absolute Gasteiger partial charge is 0.341 e. The SMILES string of the molecule is CCN1CCOc2c(C(=O)OC)cccc21. The van der Waals surface area contributed by atoms with Gasteiger partial charge in [0, 0.05) is 6.54 Å². The highest BCUT2D eigenvalue weighted by Crippen LogP contribution is 2.34. The number of rotatable bonds is 2. The third kappa shape index (κ3) is 1.71. The monoisotopic (exact) mass is 221 g/mol. The standard InChI is InChI=1S/C12H15NO3/c1-3-13-7-8-16-11-9(12(14)15-2)5-4-6-10(11)13/h4-6H,3,7-8H2,1-2H3. The second kappa shape index (κ2) is 4.43. The maximum absolute atomic E-state index is 11.6. The summed E-state index contributed by atoms with van der Waals surface area (Å²) in [6.45, 7) is 4.45. The van der Waals surface area contributed by atoms with E-state index in [4.69, 9.17) is 9.47 Å². The van der Waals surface area contributed by atoms with Crippen LogP contribution in [0.3, 0.4) is 0 Å². The van der Waals surface area contributed by atoms with Gasteiger partial charge in [0.15, 0.2) is 5.75 Å². The van der Waals surface area contributed by atoms with Crippen LogP contribution in [0.25, 0.3) is 0 Å². The maximum atomic E-state index is 11.6. The molecule has 0 aromatic heterocycles. The van der Waals surface area contributed by atoms with E-state index in [2.05, 4.69) is 11.8 Å². The number of nitrogens with zero attached hydrogens (tertiary/aromatic N) is 1. The van der Waals surface area contributed by atoms with Crippen LogP contribution in [0.2, 0.25) is 0 Å². The molecule has 0 unspecified atom stereocenters. The summed E-state index contributed by atoms with van der Waals surface area (Å²) in [4.78, 5) is 13.7. The molecule has 0 atom stereocenters. The number of ether oxygens (including phenoxy) is 2. The third-order valence-corrected chi connectivity index (χ3v) is 2.73. The first kappa shape index (κ1) is 10.8. The van der Waals surface area contributed by atoms with Gasteiger partial charge in [0.05, 0.1) is 19.3 Å². The number of fused-ring (bicyclic) bond motifs is 1. The molecule has 1 aromatic carbocycles. The molecule has 4 heteroatoms. The summed E-state index contributed by atoms with van der Waals surface area (Å²) in [5.74, 6) is 0.289. The summed E-state index contributed by atoms with van der Waals surface area (Å²) in [6.07, 6.45) is 0. The van der Waals surface area contributed by atoms with Gasteiger partial charge >= 0.3 is 5.97 Å². The number of likely N-dealkylation sites (N-methyl/N-ethyl adjacent to an activating group) is 1. The van der Waals surface area contributed by atoms with Gasteiger partial charge in [0.1, 0.15) is 12.2 Å². The van der Waals surface area contributed by atoms with Gasteiger partial charge in [0.2, 0.25) is 0 Å². The summed E-state index contributed by atoms with van der Waals surface area (Å²) in [5, 5.41) is 0. The molecule has 2 rings (SSSR count). The Morgan fingerprint density at radius 1 is 1.56 bits per heavy atom. The zero-order chi connectivity index (χ0) is 11.5. The number of hydrogen-bond acceptors (Lipinski definition) is 4. The first-order valence-electron chi connectivity index (χ1n) is 5.37. The first-order valence-corrected chi connectivity index (χ1v) is 5.37. The van der Waals surface area contributed by atoms with E-state index in [1.807, 2.05) is 12.1 Å². The molecular formula is C12H15NO3. The zero-order valence-electron chi connectivity index (χ0n) is 9.53. The average molecular weight is 221 g/mol. The number of carbonyl (C=O) groups is 1. The van der Waals surface area contributed by atoms with Crippen molar-refractivity contribution in [2.24, 2.45) is 0 Å². The van der Waals surface area contributed by atoms with Crippen LogP contribution >= 0.6 is 0 Å². The van der Waals surface area contributed by atoms with E-state index in [0.29, 0.717) is 17.9 Å². The predicted octanol–water partition coefficient (Wildman–Crippen LogP) is 1.69. The van der Waals surface area contributed by atoms with Gasteiger partial charge in [-0.25, -0.2) is 4.79 Å². The number of benzene rings is 1. The van der Waals surface area contributed by atoms with Gasteiger partial charge < -0.3 is 14.4 Å².